The van der Waals surface area contributed by atoms with Crippen molar-refractivity contribution in [2.75, 3.05) is 0 Å². The molecule has 1 heterocycles. The summed E-state index contributed by atoms with van der Waals surface area (Å²) in [6.45, 7) is 2.08. The third kappa shape index (κ3) is 1.79. The summed E-state index contributed by atoms with van der Waals surface area (Å²) >= 11 is 0. The van der Waals surface area contributed by atoms with Crippen LogP contribution in [0.25, 0.3) is 5.69 Å². The summed E-state index contributed by atoms with van der Waals surface area (Å²) in [7, 11) is 0. The fraction of sp³-hybridized carbons (Fsp3) is 0.182. The summed E-state index contributed by atoms with van der Waals surface area (Å²) in [5.74, 6) is 0. The minimum absolute atomic E-state index is 0.348. The Hall–Kier alpha value is -1.97. The van der Waals surface area contributed by atoms with E-state index in [-0.39, 0.29) is 0 Å². The van der Waals surface area contributed by atoms with Crippen LogP contribution in [0.2, 0.25) is 0 Å². The van der Waals surface area contributed by atoms with Crippen molar-refractivity contribution in [2.45, 2.75) is 13.3 Å². The molecule has 2 rings (SSSR count). The maximum atomic E-state index is 10.5. The van der Waals surface area contributed by atoms with Crippen LogP contribution in [0.15, 0.2) is 30.5 Å². The molecule has 0 aliphatic rings. The maximum absolute atomic E-state index is 10.5. The van der Waals surface area contributed by atoms with E-state index >= 15 is 0 Å². The van der Waals surface area contributed by atoms with E-state index in [0.29, 0.717) is 12.0 Å². The predicted molar refractivity (Wildman–Crippen MR) is 56.1 cm³/mol. The van der Waals surface area contributed by atoms with Crippen molar-refractivity contribution in [3.8, 4) is 5.69 Å². The SMILES string of the molecule is CCc1ccccc1-n1cc(C=O)nn1. The van der Waals surface area contributed by atoms with Gasteiger partial charge in [-0.1, -0.05) is 30.3 Å². The van der Waals surface area contributed by atoms with E-state index in [0.717, 1.165) is 12.1 Å². The Morgan fingerprint density at radius 2 is 2.20 bits per heavy atom. The van der Waals surface area contributed by atoms with Gasteiger partial charge >= 0.3 is 0 Å². The Balaban J connectivity index is 2.48. The van der Waals surface area contributed by atoms with Gasteiger partial charge in [0.2, 0.25) is 0 Å². The number of carbonyl (C=O) groups is 1. The molecule has 0 spiro atoms. The molecule has 0 saturated heterocycles. The molecule has 0 aliphatic heterocycles. The van der Waals surface area contributed by atoms with Gasteiger partial charge in [0.15, 0.2) is 6.29 Å². The number of para-hydroxylation sites is 1. The van der Waals surface area contributed by atoms with E-state index in [2.05, 4.69) is 17.2 Å². The zero-order valence-corrected chi connectivity index (χ0v) is 8.42. The molecule has 4 nitrogen and oxygen atoms in total. The molecule has 0 amide bonds. The smallest absolute Gasteiger partial charge is 0.171 e. The number of carbonyl (C=O) groups excluding carboxylic acids is 1. The van der Waals surface area contributed by atoms with Crippen LogP contribution in [0.3, 0.4) is 0 Å². The third-order valence-electron chi connectivity index (χ3n) is 2.25. The van der Waals surface area contributed by atoms with E-state index in [1.54, 1.807) is 10.9 Å². The normalized spacial score (nSPS) is 10.2. The van der Waals surface area contributed by atoms with Gasteiger partial charge in [0.1, 0.15) is 5.69 Å². The van der Waals surface area contributed by atoms with Crippen LogP contribution in [0.4, 0.5) is 0 Å². The van der Waals surface area contributed by atoms with Gasteiger partial charge in [0.25, 0.3) is 0 Å². The Morgan fingerprint density at radius 1 is 1.40 bits per heavy atom. The molecule has 0 bridgehead atoms. The van der Waals surface area contributed by atoms with Crippen LogP contribution >= 0.6 is 0 Å². The third-order valence-corrected chi connectivity index (χ3v) is 2.25. The van der Waals surface area contributed by atoms with Gasteiger partial charge in [-0.3, -0.25) is 4.79 Å². The predicted octanol–water partition coefficient (Wildman–Crippen LogP) is 1.64. The van der Waals surface area contributed by atoms with Gasteiger partial charge in [-0.2, -0.15) is 0 Å². The first-order valence-corrected chi connectivity index (χ1v) is 4.81. The first-order chi connectivity index (χ1) is 7.35. The van der Waals surface area contributed by atoms with Crippen LogP contribution in [0, 0.1) is 0 Å². The fourth-order valence-electron chi connectivity index (χ4n) is 1.48. The molecule has 0 radical (unpaired) electrons. The number of nitrogens with zero attached hydrogens (tertiary/aromatic N) is 3. The van der Waals surface area contributed by atoms with Crippen molar-refractivity contribution in [1.82, 2.24) is 15.0 Å². The van der Waals surface area contributed by atoms with E-state index in [1.165, 1.54) is 5.56 Å². The number of aromatic nitrogens is 3. The molecular weight excluding hydrogens is 190 g/mol. The summed E-state index contributed by atoms with van der Waals surface area (Å²) in [4.78, 5) is 10.5. The molecule has 0 N–H and O–H groups in total. The minimum atomic E-state index is 0.348. The number of hydrogen-bond donors (Lipinski definition) is 0. The van der Waals surface area contributed by atoms with Gasteiger partial charge in [0, 0.05) is 0 Å². The van der Waals surface area contributed by atoms with Crippen molar-refractivity contribution in [1.29, 1.82) is 0 Å². The van der Waals surface area contributed by atoms with E-state index in [1.807, 2.05) is 24.3 Å². The van der Waals surface area contributed by atoms with Crippen molar-refractivity contribution < 1.29 is 4.79 Å². The van der Waals surface area contributed by atoms with Gasteiger partial charge in [-0.05, 0) is 18.1 Å². The molecule has 4 heteroatoms. The maximum Gasteiger partial charge on any atom is 0.171 e. The second-order valence-corrected chi connectivity index (χ2v) is 3.19. The largest absolute Gasteiger partial charge is 0.296 e. The number of hydrogen-bond acceptors (Lipinski definition) is 3. The highest BCUT2D eigenvalue weighted by molar-refractivity contribution is 5.70. The lowest BCUT2D eigenvalue weighted by atomic mass is 10.1. The highest BCUT2D eigenvalue weighted by atomic mass is 16.1. The summed E-state index contributed by atoms with van der Waals surface area (Å²) in [5.41, 5.74) is 2.50. The first-order valence-electron chi connectivity index (χ1n) is 4.81. The molecule has 15 heavy (non-hydrogen) atoms. The van der Waals surface area contributed by atoms with Gasteiger partial charge < -0.3 is 0 Å². The summed E-state index contributed by atoms with van der Waals surface area (Å²) in [5, 5.41) is 7.63. The highest BCUT2D eigenvalue weighted by Gasteiger charge is 2.04. The second kappa shape index (κ2) is 4.04. The number of rotatable bonds is 3. The minimum Gasteiger partial charge on any atom is -0.296 e. The molecule has 0 atom stereocenters. The number of benzene rings is 1. The Bertz CT molecular complexity index is 476. The molecule has 2 aromatic rings. The average molecular weight is 201 g/mol. The van der Waals surface area contributed by atoms with Gasteiger partial charge in [-0.15, -0.1) is 5.10 Å². The van der Waals surface area contributed by atoms with E-state index in [9.17, 15) is 4.79 Å². The summed E-state index contributed by atoms with van der Waals surface area (Å²) in [6.07, 6.45) is 3.24. The zero-order chi connectivity index (χ0) is 10.7. The van der Waals surface area contributed by atoms with Crippen molar-refractivity contribution in [3.63, 3.8) is 0 Å². The van der Waals surface area contributed by atoms with E-state index in [4.69, 9.17) is 0 Å². The Labute approximate surface area is 87.5 Å². The van der Waals surface area contributed by atoms with Crippen LogP contribution in [-0.2, 0) is 6.42 Å². The molecule has 0 saturated carbocycles. The average Bonchev–Trinajstić information content (AvgIpc) is 2.77. The lowest BCUT2D eigenvalue weighted by Crippen LogP contribution is -1.99. The van der Waals surface area contributed by atoms with Crippen LogP contribution < -0.4 is 0 Å². The quantitative estimate of drug-likeness (QED) is 0.709. The van der Waals surface area contributed by atoms with Crippen LogP contribution in [0.5, 0.6) is 0 Å². The Morgan fingerprint density at radius 3 is 2.87 bits per heavy atom. The lowest BCUT2D eigenvalue weighted by molar-refractivity contribution is 0.111. The zero-order valence-electron chi connectivity index (χ0n) is 8.42. The van der Waals surface area contributed by atoms with Crippen LogP contribution in [0.1, 0.15) is 23.0 Å². The number of aryl methyl sites for hydroxylation is 1. The first kappa shape index (κ1) is 9.58. The van der Waals surface area contributed by atoms with Gasteiger partial charge in [-0.25, -0.2) is 4.68 Å². The standard InChI is InChI=1S/C11H11N3O/c1-2-9-5-3-4-6-11(9)14-7-10(8-15)12-13-14/h3-8H,2H2,1H3. The van der Waals surface area contributed by atoms with Crippen molar-refractivity contribution in [2.24, 2.45) is 0 Å². The summed E-state index contributed by atoms with van der Waals surface area (Å²) < 4.78 is 1.63. The molecule has 0 fully saturated rings. The van der Waals surface area contributed by atoms with Crippen molar-refractivity contribution in [3.05, 3.63) is 41.7 Å². The molecule has 1 aromatic carbocycles. The highest BCUT2D eigenvalue weighted by Crippen LogP contribution is 2.13. The fourth-order valence-corrected chi connectivity index (χ4v) is 1.48. The Kier molecular flexibility index (Phi) is 2.58. The van der Waals surface area contributed by atoms with Gasteiger partial charge in [0.05, 0.1) is 11.9 Å². The lowest BCUT2D eigenvalue weighted by Gasteiger charge is -2.05. The van der Waals surface area contributed by atoms with Crippen molar-refractivity contribution >= 4 is 6.29 Å². The molecule has 76 valence electrons. The molecule has 1 aromatic heterocycles. The molecule has 0 unspecified atom stereocenters. The monoisotopic (exact) mass is 201 g/mol. The number of aldehydes is 1. The molecule has 0 aliphatic carbocycles. The second-order valence-electron chi connectivity index (χ2n) is 3.19. The molecular formula is C11H11N3O. The van der Waals surface area contributed by atoms with Crippen LogP contribution in [-0.4, -0.2) is 21.3 Å². The van der Waals surface area contributed by atoms with E-state index < -0.39 is 0 Å². The topological polar surface area (TPSA) is 47.8 Å². The summed E-state index contributed by atoms with van der Waals surface area (Å²) in [6, 6.07) is 7.93.